The molecule has 0 aromatic carbocycles. The largest absolute Gasteiger partial charge is 0.337 e. The second-order valence-electron chi connectivity index (χ2n) is 7.00. The van der Waals surface area contributed by atoms with Gasteiger partial charge in [0.15, 0.2) is 11.3 Å². The summed E-state index contributed by atoms with van der Waals surface area (Å²) in [6.07, 6.45) is 4.59. The average molecular weight is 406 g/mol. The number of fused-ring (bicyclic) bond motifs is 1. The van der Waals surface area contributed by atoms with E-state index in [1.165, 1.54) is 0 Å². The van der Waals surface area contributed by atoms with Crippen LogP contribution in [0.4, 0.5) is 0 Å². The van der Waals surface area contributed by atoms with Gasteiger partial charge in [-0.25, -0.2) is 9.97 Å². The lowest BCUT2D eigenvalue weighted by Gasteiger charge is -2.32. The minimum Gasteiger partial charge on any atom is -0.337 e. The molecule has 0 unspecified atom stereocenters. The van der Waals surface area contributed by atoms with Crippen molar-refractivity contribution in [2.75, 3.05) is 13.1 Å². The van der Waals surface area contributed by atoms with E-state index in [-0.39, 0.29) is 17.5 Å². The Labute approximate surface area is 169 Å². The van der Waals surface area contributed by atoms with E-state index in [1.807, 2.05) is 17.5 Å². The molecule has 9 heteroatoms. The molecule has 29 heavy (non-hydrogen) atoms. The van der Waals surface area contributed by atoms with Gasteiger partial charge < -0.3 is 4.90 Å². The van der Waals surface area contributed by atoms with E-state index in [1.54, 1.807) is 51.5 Å². The number of hydrogen-bond acceptors (Lipinski definition) is 6. The van der Waals surface area contributed by atoms with Crippen molar-refractivity contribution >= 4 is 28.3 Å². The fourth-order valence-corrected chi connectivity index (χ4v) is 4.43. The molecule has 0 bridgehead atoms. The van der Waals surface area contributed by atoms with Crippen LogP contribution in [0.15, 0.2) is 53.0 Å². The number of hydrogen-bond donors (Lipinski definition) is 1. The third-order valence-electron chi connectivity index (χ3n) is 5.28. The van der Waals surface area contributed by atoms with Crippen LogP contribution in [0.25, 0.3) is 21.6 Å². The van der Waals surface area contributed by atoms with Crippen LogP contribution < -0.4 is 5.56 Å². The van der Waals surface area contributed by atoms with Gasteiger partial charge in [-0.1, -0.05) is 6.07 Å². The lowest BCUT2D eigenvalue weighted by molar-refractivity contribution is 0.0687. The van der Waals surface area contributed by atoms with E-state index in [0.29, 0.717) is 42.7 Å². The van der Waals surface area contributed by atoms with Crippen LogP contribution in [-0.4, -0.2) is 48.6 Å². The summed E-state index contributed by atoms with van der Waals surface area (Å²) in [4.78, 5) is 36.9. The zero-order chi connectivity index (χ0) is 19.8. The summed E-state index contributed by atoms with van der Waals surface area (Å²) in [5.41, 5.74) is 1.64. The number of rotatable bonds is 3. The summed E-state index contributed by atoms with van der Waals surface area (Å²) in [6.45, 7) is 1.14. The fraction of sp³-hybridized carbons (Fsp3) is 0.250. The van der Waals surface area contributed by atoms with Crippen molar-refractivity contribution in [1.82, 2.24) is 29.6 Å². The van der Waals surface area contributed by atoms with Crippen molar-refractivity contribution in [2.45, 2.75) is 18.9 Å². The second kappa shape index (κ2) is 7.25. The lowest BCUT2D eigenvalue weighted by Crippen LogP contribution is -2.41. The van der Waals surface area contributed by atoms with Crippen molar-refractivity contribution in [3.8, 4) is 10.6 Å². The van der Waals surface area contributed by atoms with Crippen molar-refractivity contribution in [1.29, 1.82) is 0 Å². The Bertz CT molecular complexity index is 1220. The third-order valence-corrected chi connectivity index (χ3v) is 6.19. The first-order chi connectivity index (χ1) is 14.2. The van der Waals surface area contributed by atoms with Crippen LogP contribution in [0.2, 0.25) is 0 Å². The van der Waals surface area contributed by atoms with Gasteiger partial charge in [-0.2, -0.15) is 5.10 Å². The van der Waals surface area contributed by atoms with E-state index in [2.05, 4.69) is 20.2 Å². The van der Waals surface area contributed by atoms with E-state index < -0.39 is 0 Å². The fourth-order valence-electron chi connectivity index (χ4n) is 3.73. The molecule has 0 aliphatic carbocycles. The molecule has 0 spiro atoms. The maximum Gasteiger partial charge on any atom is 0.274 e. The van der Waals surface area contributed by atoms with Crippen LogP contribution in [0.1, 0.15) is 29.4 Å². The molecule has 1 N–H and O–H groups in total. The van der Waals surface area contributed by atoms with Gasteiger partial charge in [-0.05, 0) is 42.5 Å². The third kappa shape index (κ3) is 3.23. The van der Waals surface area contributed by atoms with Gasteiger partial charge in [0.2, 0.25) is 0 Å². The van der Waals surface area contributed by atoms with Crippen molar-refractivity contribution in [2.24, 2.45) is 0 Å². The molecule has 0 atom stereocenters. The number of nitrogens with one attached hydrogen (secondary N) is 1. The van der Waals surface area contributed by atoms with Crippen molar-refractivity contribution in [3.63, 3.8) is 0 Å². The first-order valence-electron chi connectivity index (χ1n) is 9.41. The minimum absolute atomic E-state index is 0.0181. The molecule has 1 aliphatic rings. The predicted octanol–water partition coefficient (Wildman–Crippen LogP) is 2.72. The summed E-state index contributed by atoms with van der Waals surface area (Å²) in [7, 11) is 0. The highest BCUT2D eigenvalue weighted by atomic mass is 32.1. The summed E-state index contributed by atoms with van der Waals surface area (Å²) in [6, 6.07) is 9.26. The number of H-pyrrole nitrogens is 1. The second-order valence-corrected chi connectivity index (χ2v) is 7.95. The number of carbonyl (C=O) groups is 1. The van der Waals surface area contributed by atoms with Gasteiger partial charge in [-0.3, -0.25) is 19.3 Å². The van der Waals surface area contributed by atoms with E-state index in [4.69, 9.17) is 0 Å². The van der Waals surface area contributed by atoms with Crippen LogP contribution in [-0.2, 0) is 0 Å². The molecule has 1 amide bonds. The number of pyridine rings is 1. The molecule has 8 nitrogen and oxygen atoms in total. The summed E-state index contributed by atoms with van der Waals surface area (Å²) < 4.78 is 1.68. The topological polar surface area (TPSA) is 96.8 Å². The molecule has 5 heterocycles. The summed E-state index contributed by atoms with van der Waals surface area (Å²) in [5.74, 6) is -0.0873. The molecule has 0 radical (unpaired) electrons. The van der Waals surface area contributed by atoms with Gasteiger partial charge in [0, 0.05) is 25.3 Å². The van der Waals surface area contributed by atoms with Gasteiger partial charge >= 0.3 is 0 Å². The van der Waals surface area contributed by atoms with Crippen LogP contribution in [0.3, 0.4) is 0 Å². The Morgan fingerprint density at radius 3 is 2.83 bits per heavy atom. The number of aromatic amines is 1. The Hall–Kier alpha value is -3.33. The molecule has 1 fully saturated rings. The number of nitrogens with zero attached hydrogens (tertiary/aromatic N) is 5. The number of aromatic nitrogens is 5. The molecule has 1 saturated heterocycles. The molecule has 4 aromatic heterocycles. The summed E-state index contributed by atoms with van der Waals surface area (Å²) >= 11 is 1.60. The number of piperidine rings is 1. The standard InChI is InChI=1S/C20H18N6O2S/c27-19-14-3-1-7-21-18(14)22-12-26(19)13-5-8-25(9-6-13)20(28)16-11-15(23-24-16)17-4-2-10-29-17/h1-4,7,10-13H,5-6,8-9H2,(H,23,24). The summed E-state index contributed by atoms with van der Waals surface area (Å²) in [5, 5.41) is 9.64. The van der Waals surface area contributed by atoms with Crippen molar-refractivity contribution < 1.29 is 4.79 Å². The van der Waals surface area contributed by atoms with Crippen LogP contribution in [0, 0.1) is 0 Å². The number of amides is 1. The Kier molecular flexibility index (Phi) is 4.44. The van der Waals surface area contributed by atoms with Gasteiger partial charge in [0.25, 0.3) is 11.5 Å². The van der Waals surface area contributed by atoms with E-state index in [0.717, 1.165) is 10.6 Å². The average Bonchev–Trinajstić information content (AvgIpc) is 3.46. The van der Waals surface area contributed by atoms with Crippen molar-refractivity contribution in [3.05, 3.63) is 64.3 Å². The molecule has 146 valence electrons. The smallest absolute Gasteiger partial charge is 0.274 e. The molecule has 0 saturated carbocycles. The Balaban J connectivity index is 1.30. The SMILES string of the molecule is O=C(c1cc(-c2cccs2)[nH]n1)N1CCC(n2cnc3ncccc3c2=O)CC1. The Morgan fingerprint density at radius 2 is 2.03 bits per heavy atom. The minimum atomic E-state index is -0.0873. The first kappa shape index (κ1) is 17.7. The monoisotopic (exact) mass is 406 g/mol. The highest BCUT2D eigenvalue weighted by molar-refractivity contribution is 7.13. The van der Waals surface area contributed by atoms with E-state index in [9.17, 15) is 9.59 Å². The predicted molar refractivity (Wildman–Crippen MR) is 110 cm³/mol. The zero-order valence-electron chi connectivity index (χ0n) is 15.5. The first-order valence-corrected chi connectivity index (χ1v) is 10.3. The maximum absolute atomic E-state index is 12.8. The molecular weight excluding hydrogens is 388 g/mol. The number of likely N-dealkylation sites (tertiary alicyclic amines) is 1. The van der Waals surface area contributed by atoms with Crippen LogP contribution >= 0.6 is 11.3 Å². The molecule has 4 aromatic rings. The van der Waals surface area contributed by atoms with Crippen LogP contribution in [0.5, 0.6) is 0 Å². The maximum atomic E-state index is 12.8. The number of carbonyl (C=O) groups excluding carboxylic acids is 1. The number of thiophene rings is 1. The normalized spacial score (nSPS) is 15.1. The molecule has 5 rings (SSSR count). The molecular formula is C20H18N6O2S. The highest BCUT2D eigenvalue weighted by Crippen LogP contribution is 2.25. The quantitative estimate of drug-likeness (QED) is 0.564. The molecule has 1 aliphatic heterocycles. The lowest BCUT2D eigenvalue weighted by atomic mass is 10.0. The zero-order valence-corrected chi connectivity index (χ0v) is 16.3. The van der Waals surface area contributed by atoms with Gasteiger partial charge in [0.05, 0.1) is 16.0 Å². The van der Waals surface area contributed by atoms with E-state index >= 15 is 0 Å². The highest BCUT2D eigenvalue weighted by Gasteiger charge is 2.27. The van der Waals surface area contributed by atoms with Gasteiger partial charge in [-0.15, -0.1) is 11.3 Å². The van der Waals surface area contributed by atoms with Gasteiger partial charge in [0.1, 0.15) is 6.33 Å². The Morgan fingerprint density at radius 1 is 1.17 bits per heavy atom.